The number of fused-ring (bicyclic) bond motifs is 1. The summed E-state index contributed by atoms with van der Waals surface area (Å²) >= 11 is 0. The molecule has 0 radical (unpaired) electrons. The summed E-state index contributed by atoms with van der Waals surface area (Å²) in [6, 6.07) is 4.76. The SMILES string of the molecule is NC(=O)C(CCC(=O)O)N1Cc2c(CCCCCCCCCCO)cccc2C1=O. The predicted octanol–water partition coefficient (Wildman–Crippen LogP) is 3.02. The first kappa shape index (κ1) is 23.9. The third-order valence-corrected chi connectivity index (χ3v) is 5.78. The Bertz CT molecular complexity index is 734. The summed E-state index contributed by atoms with van der Waals surface area (Å²) in [7, 11) is 0. The van der Waals surface area contributed by atoms with E-state index in [1.54, 1.807) is 6.07 Å². The van der Waals surface area contributed by atoms with Crippen LogP contribution in [0.3, 0.4) is 0 Å². The van der Waals surface area contributed by atoms with E-state index in [1.807, 2.05) is 12.1 Å². The molecule has 7 heteroatoms. The lowest BCUT2D eigenvalue weighted by Gasteiger charge is -2.24. The molecule has 2 rings (SSSR count). The number of carbonyl (C=O) groups excluding carboxylic acids is 2. The molecule has 0 saturated carbocycles. The van der Waals surface area contributed by atoms with Crippen LogP contribution < -0.4 is 5.73 Å². The number of aliphatic hydroxyl groups is 1. The average Bonchev–Trinajstić information content (AvgIpc) is 3.04. The zero-order valence-corrected chi connectivity index (χ0v) is 17.6. The average molecular weight is 419 g/mol. The van der Waals surface area contributed by atoms with Gasteiger partial charge in [0.1, 0.15) is 6.04 Å². The van der Waals surface area contributed by atoms with Gasteiger partial charge >= 0.3 is 5.97 Å². The first-order chi connectivity index (χ1) is 14.5. The number of carboxylic acid groups (broad SMARTS) is 1. The number of unbranched alkanes of at least 4 members (excludes halogenated alkanes) is 7. The van der Waals surface area contributed by atoms with Crippen LogP contribution >= 0.6 is 0 Å². The Hall–Kier alpha value is -2.41. The Balaban J connectivity index is 1.88. The van der Waals surface area contributed by atoms with E-state index in [0.717, 1.165) is 43.2 Å². The number of amides is 2. The number of aliphatic hydroxyl groups excluding tert-OH is 1. The fourth-order valence-electron chi connectivity index (χ4n) is 4.10. The fourth-order valence-corrected chi connectivity index (χ4v) is 4.10. The smallest absolute Gasteiger partial charge is 0.303 e. The lowest BCUT2D eigenvalue weighted by molar-refractivity contribution is -0.137. The molecule has 1 aromatic carbocycles. The van der Waals surface area contributed by atoms with Crippen molar-refractivity contribution in [3.63, 3.8) is 0 Å². The van der Waals surface area contributed by atoms with Crippen LogP contribution in [0, 0.1) is 0 Å². The Labute approximate surface area is 178 Å². The molecular formula is C23H34N2O5. The van der Waals surface area contributed by atoms with E-state index in [4.69, 9.17) is 15.9 Å². The number of hydrogen-bond acceptors (Lipinski definition) is 4. The van der Waals surface area contributed by atoms with E-state index in [1.165, 1.54) is 30.6 Å². The molecule has 1 unspecified atom stereocenters. The lowest BCUT2D eigenvalue weighted by atomic mass is 9.98. The normalized spacial score (nSPS) is 14.0. The van der Waals surface area contributed by atoms with Crippen molar-refractivity contribution in [3.05, 3.63) is 34.9 Å². The monoisotopic (exact) mass is 418 g/mol. The second-order valence-corrected chi connectivity index (χ2v) is 8.03. The standard InChI is InChI=1S/C23H34N2O5/c24-22(29)20(13-14-21(27)28)25-16-19-17(11-9-12-18(19)23(25)30)10-7-5-3-1-2-4-6-8-15-26/h9,11-12,20,26H,1-8,10,13-16H2,(H2,24,29)(H,27,28). The summed E-state index contributed by atoms with van der Waals surface area (Å²) in [6.07, 6.45) is 9.61. The van der Waals surface area contributed by atoms with Crippen molar-refractivity contribution in [1.82, 2.24) is 4.90 Å². The second-order valence-electron chi connectivity index (χ2n) is 8.03. The molecule has 0 fully saturated rings. The van der Waals surface area contributed by atoms with Crippen molar-refractivity contribution in [1.29, 1.82) is 0 Å². The Morgan fingerprint density at radius 3 is 2.27 bits per heavy atom. The number of carbonyl (C=O) groups is 3. The summed E-state index contributed by atoms with van der Waals surface area (Å²) in [5.41, 5.74) is 8.12. The molecule has 0 aliphatic carbocycles. The zero-order chi connectivity index (χ0) is 21.9. The summed E-state index contributed by atoms with van der Waals surface area (Å²) < 4.78 is 0. The molecule has 0 aromatic heterocycles. The lowest BCUT2D eigenvalue weighted by Crippen LogP contribution is -2.45. The van der Waals surface area contributed by atoms with Crippen molar-refractivity contribution >= 4 is 17.8 Å². The zero-order valence-electron chi connectivity index (χ0n) is 17.6. The first-order valence-corrected chi connectivity index (χ1v) is 11.0. The molecule has 1 heterocycles. The molecule has 4 N–H and O–H groups in total. The van der Waals surface area contributed by atoms with Gasteiger partial charge in [0.25, 0.3) is 5.91 Å². The number of aliphatic carboxylic acids is 1. The third-order valence-electron chi connectivity index (χ3n) is 5.78. The molecule has 1 atom stereocenters. The van der Waals surface area contributed by atoms with Crippen molar-refractivity contribution < 1.29 is 24.6 Å². The molecule has 2 amide bonds. The van der Waals surface area contributed by atoms with Crippen LogP contribution in [0.1, 0.15) is 85.7 Å². The van der Waals surface area contributed by atoms with Crippen LogP contribution in [0.4, 0.5) is 0 Å². The topological polar surface area (TPSA) is 121 Å². The van der Waals surface area contributed by atoms with Crippen LogP contribution in [0.15, 0.2) is 18.2 Å². The highest BCUT2D eigenvalue weighted by Gasteiger charge is 2.36. The molecule has 30 heavy (non-hydrogen) atoms. The van der Waals surface area contributed by atoms with Gasteiger partial charge in [-0.1, -0.05) is 50.7 Å². The highest BCUT2D eigenvalue weighted by molar-refractivity contribution is 6.01. The maximum absolute atomic E-state index is 12.8. The highest BCUT2D eigenvalue weighted by Crippen LogP contribution is 2.29. The molecule has 7 nitrogen and oxygen atoms in total. The number of aryl methyl sites for hydroxylation is 1. The van der Waals surface area contributed by atoms with E-state index in [0.29, 0.717) is 12.1 Å². The number of hydrogen-bond donors (Lipinski definition) is 3. The maximum atomic E-state index is 12.8. The van der Waals surface area contributed by atoms with Gasteiger partial charge < -0.3 is 20.8 Å². The number of rotatable bonds is 15. The van der Waals surface area contributed by atoms with E-state index in [2.05, 4.69) is 0 Å². The van der Waals surface area contributed by atoms with Gasteiger partial charge in [0, 0.05) is 25.1 Å². The fraction of sp³-hybridized carbons (Fsp3) is 0.609. The molecule has 0 bridgehead atoms. The minimum Gasteiger partial charge on any atom is -0.481 e. The Morgan fingerprint density at radius 1 is 1.03 bits per heavy atom. The summed E-state index contributed by atoms with van der Waals surface area (Å²) in [6.45, 7) is 0.587. The summed E-state index contributed by atoms with van der Waals surface area (Å²) in [4.78, 5) is 37.0. The number of nitrogens with zero attached hydrogens (tertiary/aromatic N) is 1. The van der Waals surface area contributed by atoms with Crippen LogP contribution in [-0.2, 0) is 22.6 Å². The third kappa shape index (κ3) is 6.83. The molecule has 166 valence electrons. The summed E-state index contributed by atoms with van der Waals surface area (Å²) in [5.74, 6) is -1.93. The summed E-state index contributed by atoms with van der Waals surface area (Å²) in [5, 5.41) is 17.7. The van der Waals surface area contributed by atoms with Crippen LogP contribution in [-0.4, -0.2) is 45.5 Å². The first-order valence-electron chi connectivity index (χ1n) is 11.0. The van der Waals surface area contributed by atoms with Crippen molar-refractivity contribution in [3.8, 4) is 0 Å². The quantitative estimate of drug-likeness (QED) is 0.378. The predicted molar refractivity (Wildman–Crippen MR) is 114 cm³/mol. The van der Waals surface area contributed by atoms with Gasteiger partial charge in [-0.2, -0.15) is 0 Å². The van der Waals surface area contributed by atoms with Gasteiger partial charge in [0.15, 0.2) is 0 Å². The molecular weight excluding hydrogens is 384 g/mol. The van der Waals surface area contributed by atoms with Gasteiger partial charge in [0.05, 0.1) is 0 Å². The number of benzene rings is 1. The van der Waals surface area contributed by atoms with Crippen molar-refractivity contribution in [2.45, 2.75) is 83.2 Å². The van der Waals surface area contributed by atoms with Gasteiger partial charge in [-0.05, 0) is 42.9 Å². The Morgan fingerprint density at radius 2 is 1.67 bits per heavy atom. The molecule has 1 aliphatic rings. The van der Waals surface area contributed by atoms with E-state index in [9.17, 15) is 14.4 Å². The number of nitrogens with two attached hydrogens (primary N) is 1. The van der Waals surface area contributed by atoms with Crippen molar-refractivity contribution in [2.75, 3.05) is 6.61 Å². The van der Waals surface area contributed by atoms with E-state index in [-0.39, 0.29) is 25.4 Å². The maximum Gasteiger partial charge on any atom is 0.303 e. The minimum atomic E-state index is -1.01. The number of primary amides is 1. The highest BCUT2D eigenvalue weighted by atomic mass is 16.4. The Kier molecular flexibility index (Phi) is 9.80. The van der Waals surface area contributed by atoms with Crippen LogP contribution in [0.2, 0.25) is 0 Å². The number of carboxylic acids is 1. The minimum absolute atomic E-state index is 0.0258. The largest absolute Gasteiger partial charge is 0.481 e. The van der Waals surface area contributed by atoms with Crippen molar-refractivity contribution in [2.24, 2.45) is 5.73 Å². The van der Waals surface area contributed by atoms with E-state index >= 15 is 0 Å². The van der Waals surface area contributed by atoms with Gasteiger partial charge in [-0.3, -0.25) is 14.4 Å². The molecule has 0 saturated heterocycles. The molecule has 1 aromatic rings. The van der Waals surface area contributed by atoms with Crippen LogP contribution in [0.5, 0.6) is 0 Å². The van der Waals surface area contributed by atoms with E-state index < -0.39 is 17.9 Å². The van der Waals surface area contributed by atoms with Crippen LogP contribution in [0.25, 0.3) is 0 Å². The van der Waals surface area contributed by atoms with Gasteiger partial charge in [-0.15, -0.1) is 0 Å². The molecule has 1 aliphatic heterocycles. The van der Waals surface area contributed by atoms with Gasteiger partial charge in [0.2, 0.25) is 5.91 Å². The molecule has 0 spiro atoms. The van der Waals surface area contributed by atoms with Gasteiger partial charge in [-0.25, -0.2) is 0 Å². The second kappa shape index (κ2) is 12.3.